The molecule has 0 saturated carbocycles. The molecule has 0 aromatic heterocycles. The summed E-state index contributed by atoms with van der Waals surface area (Å²) in [5.74, 6) is -1.74. The number of carbonyl (C=O) groups excluding carboxylic acids is 3. The van der Waals surface area contributed by atoms with Gasteiger partial charge in [0.05, 0.1) is 83.4 Å². The summed E-state index contributed by atoms with van der Waals surface area (Å²) in [6, 6.07) is 17.3. The molecule has 15 nitrogen and oxygen atoms in total. The fraction of sp³-hybridized carbons (Fsp3) is 0.455. The molecular weight excluding hydrogens is 955 g/mol. The van der Waals surface area contributed by atoms with Gasteiger partial charge in [0.2, 0.25) is 5.69 Å². The number of imide groups is 1. The number of hydrogen-bond donors (Lipinski definition) is 0. The molecular formula is C55H70N5O10S2+. The average molecular weight is 1030 g/mol. The maximum Gasteiger partial charge on any atom is 0.333 e. The molecule has 2 amide bonds. The van der Waals surface area contributed by atoms with E-state index in [1.165, 1.54) is 24.3 Å². The SMILES string of the molecule is CC1(C)C(/C=C/C2=C(c3ccc(CCC(=O)ON4C(=O)CCC4=O)cc3)C(=C/C=C3\N(CCC[N+](C)(C)C)c4ccc(S(=O)(=O)[O-])cc4C3(C)C)/CCC2)=[N+](CCC[N+](C)(C)C)c2ccc(S(=O)(=O)[O-])cc21. The summed E-state index contributed by atoms with van der Waals surface area (Å²) in [5, 5.41) is 0.561. The molecule has 0 atom stereocenters. The first-order valence-electron chi connectivity index (χ1n) is 24.7. The highest BCUT2D eigenvalue weighted by molar-refractivity contribution is 7.86. The van der Waals surface area contributed by atoms with Gasteiger partial charge in [0.1, 0.15) is 20.2 Å². The van der Waals surface area contributed by atoms with Crippen LogP contribution < -0.4 is 4.90 Å². The minimum absolute atomic E-state index is 0.0141. The van der Waals surface area contributed by atoms with E-state index in [0.29, 0.717) is 24.6 Å². The number of allylic oxidation sites excluding steroid dienone is 8. The number of quaternary nitrogens is 2. The van der Waals surface area contributed by atoms with Crippen molar-refractivity contribution in [3.63, 3.8) is 0 Å². The average Bonchev–Trinajstić information content (AvgIpc) is 3.79. The van der Waals surface area contributed by atoms with Crippen molar-refractivity contribution in [3.05, 3.63) is 124 Å². The van der Waals surface area contributed by atoms with Crippen molar-refractivity contribution in [2.75, 3.05) is 73.4 Å². The van der Waals surface area contributed by atoms with Gasteiger partial charge in [-0.2, -0.15) is 4.58 Å². The molecule has 3 heterocycles. The molecule has 3 aromatic carbocycles. The van der Waals surface area contributed by atoms with E-state index in [-0.39, 0.29) is 29.1 Å². The van der Waals surface area contributed by atoms with E-state index in [0.717, 1.165) is 116 Å². The summed E-state index contributed by atoms with van der Waals surface area (Å²) in [5.41, 5.74) is 8.86. The smallest absolute Gasteiger partial charge is 0.333 e. The molecule has 3 aromatic rings. The zero-order chi connectivity index (χ0) is 52.8. The summed E-state index contributed by atoms with van der Waals surface area (Å²) in [6.07, 6.45) is 13.0. The topological polar surface area (TPSA) is 184 Å². The van der Waals surface area contributed by atoms with Crippen molar-refractivity contribution >= 4 is 60.7 Å². The molecule has 0 radical (unpaired) electrons. The van der Waals surface area contributed by atoms with Gasteiger partial charge >= 0.3 is 5.97 Å². The lowest BCUT2D eigenvalue weighted by atomic mass is 9.79. The Balaban J connectivity index is 1.33. The highest BCUT2D eigenvalue weighted by Gasteiger charge is 2.45. The zero-order valence-electron chi connectivity index (χ0n) is 43.4. The van der Waals surface area contributed by atoms with E-state index < -0.39 is 48.8 Å². The van der Waals surface area contributed by atoms with Gasteiger partial charge in [0.15, 0.2) is 12.3 Å². The van der Waals surface area contributed by atoms with Crippen LogP contribution in [-0.4, -0.2) is 137 Å². The highest BCUT2D eigenvalue weighted by Crippen LogP contribution is 2.49. The second-order valence-corrected chi connectivity index (χ2v) is 25.3. The number of benzene rings is 3. The molecule has 1 fully saturated rings. The van der Waals surface area contributed by atoms with Crippen molar-refractivity contribution in [1.29, 1.82) is 0 Å². The number of hydroxylamine groups is 2. The third-order valence-corrected chi connectivity index (χ3v) is 15.9. The van der Waals surface area contributed by atoms with Crippen LogP contribution in [0.5, 0.6) is 0 Å². The molecule has 17 heteroatoms. The maximum atomic E-state index is 12.7. The van der Waals surface area contributed by atoms with Gasteiger partial charge in [-0.25, -0.2) is 21.6 Å². The van der Waals surface area contributed by atoms with Crippen LogP contribution >= 0.6 is 0 Å². The van der Waals surface area contributed by atoms with Gasteiger partial charge in [-0.15, -0.1) is 5.06 Å². The summed E-state index contributed by atoms with van der Waals surface area (Å²) in [4.78, 5) is 43.7. The van der Waals surface area contributed by atoms with Crippen molar-refractivity contribution in [2.45, 2.75) is 106 Å². The number of aryl methyl sites for hydroxylation is 1. The first kappa shape index (κ1) is 54.2. The minimum atomic E-state index is -4.70. The first-order valence-corrected chi connectivity index (χ1v) is 27.5. The van der Waals surface area contributed by atoms with Gasteiger partial charge < -0.3 is 27.8 Å². The Morgan fingerprint density at radius 3 is 1.94 bits per heavy atom. The van der Waals surface area contributed by atoms with Crippen LogP contribution in [0.1, 0.15) is 101 Å². The van der Waals surface area contributed by atoms with E-state index >= 15 is 0 Å². The highest BCUT2D eigenvalue weighted by atomic mass is 32.2. The molecule has 0 bridgehead atoms. The Bertz CT molecular complexity index is 3040. The van der Waals surface area contributed by atoms with E-state index in [4.69, 9.17) is 4.84 Å². The van der Waals surface area contributed by atoms with Crippen molar-refractivity contribution < 1.29 is 58.7 Å². The Kier molecular flexibility index (Phi) is 15.4. The standard InChI is InChI=1S/C55H70N5O10S2/c1-54(2)44-36-42(71(64,65)66)23-25-46(44)56(32-12-34-59(5,6)7)48(54)27-21-39-14-11-15-40(53(39)41-19-16-38(17-20-41)18-31-52(63)70-58-50(61)29-30-51(58)62)22-28-49-55(3,4)45-37-43(72(67,68)69)24-26-47(45)57(49)33-13-35-60(8,9)10/h16-17,19-28,36-37H,11-15,18,29-35H2,1-10H3/q+1. The van der Waals surface area contributed by atoms with Crippen molar-refractivity contribution in [2.24, 2.45) is 0 Å². The van der Waals surface area contributed by atoms with Gasteiger partial charge in [-0.05, 0) is 109 Å². The predicted molar refractivity (Wildman–Crippen MR) is 275 cm³/mol. The van der Waals surface area contributed by atoms with Crippen molar-refractivity contribution in [1.82, 2.24) is 5.06 Å². The number of carbonyl (C=O) groups is 3. The Morgan fingerprint density at radius 2 is 1.33 bits per heavy atom. The van der Waals surface area contributed by atoms with E-state index in [2.05, 4.69) is 104 Å². The first-order chi connectivity index (χ1) is 33.5. The van der Waals surface area contributed by atoms with Crippen LogP contribution in [0.4, 0.5) is 11.4 Å². The van der Waals surface area contributed by atoms with Crippen LogP contribution in [0.25, 0.3) is 5.57 Å². The molecule has 7 rings (SSSR count). The molecule has 0 unspecified atom stereocenters. The number of nitrogens with zero attached hydrogens (tertiary/aromatic N) is 5. The monoisotopic (exact) mass is 1020 g/mol. The van der Waals surface area contributed by atoms with Gasteiger partial charge in [0.25, 0.3) is 11.8 Å². The molecule has 0 N–H and O–H groups in total. The fourth-order valence-corrected chi connectivity index (χ4v) is 11.4. The number of fused-ring (bicyclic) bond motifs is 2. The second-order valence-electron chi connectivity index (χ2n) is 22.5. The van der Waals surface area contributed by atoms with E-state index in [1.54, 1.807) is 12.1 Å². The third-order valence-electron chi connectivity index (χ3n) is 14.2. The van der Waals surface area contributed by atoms with Crippen LogP contribution in [-0.2, 0) is 56.7 Å². The quantitative estimate of drug-likeness (QED) is 0.0535. The van der Waals surface area contributed by atoms with Gasteiger partial charge in [-0.1, -0.05) is 50.3 Å². The van der Waals surface area contributed by atoms with E-state index in [1.807, 2.05) is 24.3 Å². The lowest BCUT2D eigenvalue weighted by Crippen LogP contribution is -2.37. The second kappa shape index (κ2) is 20.4. The minimum Gasteiger partial charge on any atom is -0.744 e. The maximum absolute atomic E-state index is 12.7. The summed E-state index contributed by atoms with van der Waals surface area (Å²) in [6.45, 7) is 11.4. The molecule has 386 valence electrons. The Morgan fingerprint density at radius 1 is 0.736 bits per heavy atom. The Labute approximate surface area is 426 Å². The molecule has 3 aliphatic heterocycles. The fourth-order valence-electron chi connectivity index (χ4n) is 10.4. The lowest BCUT2D eigenvalue weighted by molar-refractivity contribution is -0.871. The molecule has 1 saturated heterocycles. The number of rotatable bonds is 18. The molecule has 1 aliphatic carbocycles. The summed E-state index contributed by atoms with van der Waals surface area (Å²) >= 11 is 0. The van der Waals surface area contributed by atoms with E-state index in [9.17, 15) is 40.3 Å². The normalized spacial score (nSPS) is 19.4. The van der Waals surface area contributed by atoms with Crippen molar-refractivity contribution in [3.8, 4) is 0 Å². The summed E-state index contributed by atoms with van der Waals surface area (Å²) in [7, 11) is 3.46. The molecule has 4 aliphatic rings. The number of amides is 2. The zero-order valence-corrected chi connectivity index (χ0v) is 45.0. The van der Waals surface area contributed by atoms with Gasteiger partial charge in [0, 0.05) is 60.3 Å². The third kappa shape index (κ3) is 12.1. The Hall–Kier alpha value is -5.56. The van der Waals surface area contributed by atoms with Gasteiger partial charge in [-0.3, -0.25) is 9.59 Å². The van der Waals surface area contributed by atoms with Crippen LogP contribution in [0, 0.1) is 0 Å². The number of anilines is 1. The lowest BCUT2D eigenvalue weighted by Gasteiger charge is -2.29. The molecule has 72 heavy (non-hydrogen) atoms. The van der Waals surface area contributed by atoms with Crippen LogP contribution in [0.2, 0.25) is 0 Å². The largest absolute Gasteiger partial charge is 0.744 e. The van der Waals surface area contributed by atoms with Crippen LogP contribution in [0.15, 0.2) is 112 Å². The van der Waals surface area contributed by atoms with Crippen LogP contribution in [0.3, 0.4) is 0 Å². The number of hydrogen-bond acceptors (Lipinski definition) is 11. The predicted octanol–water partition coefficient (Wildman–Crippen LogP) is 7.41. The molecule has 0 spiro atoms. The summed E-state index contributed by atoms with van der Waals surface area (Å²) < 4.78 is 77.5.